The first-order valence-electron chi connectivity index (χ1n) is 15.7. The van der Waals surface area contributed by atoms with E-state index in [9.17, 15) is 14.9 Å². The number of hydrogen-bond acceptors (Lipinski definition) is 8. The molecule has 242 valence electrons. The highest BCUT2D eigenvalue weighted by Gasteiger charge is 2.33. The highest BCUT2D eigenvalue weighted by molar-refractivity contribution is 7.17. The smallest absolute Gasteiger partial charge is 0.268 e. The number of rotatable bonds is 9. The van der Waals surface area contributed by atoms with Gasteiger partial charge in [0.1, 0.15) is 11.6 Å². The van der Waals surface area contributed by atoms with Crippen molar-refractivity contribution >= 4 is 40.1 Å². The molecule has 0 radical (unpaired) electrons. The van der Waals surface area contributed by atoms with Crippen molar-refractivity contribution in [2.45, 2.75) is 86.5 Å². The van der Waals surface area contributed by atoms with Crippen LogP contribution in [0.2, 0.25) is 0 Å². The normalized spacial score (nSPS) is 16.5. The van der Waals surface area contributed by atoms with Crippen molar-refractivity contribution in [2.75, 3.05) is 11.9 Å². The molecule has 4 aromatic rings. The number of aromatic nitrogens is 3. The van der Waals surface area contributed by atoms with Crippen LogP contribution in [0.4, 0.5) is 5.95 Å². The summed E-state index contributed by atoms with van der Waals surface area (Å²) in [5, 5.41) is 16.5. The Balaban J connectivity index is 1.45. The van der Waals surface area contributed by atoms with Crippen molar-refractivity contribution in [3.63, 3.8) is 0 Å². The Kier molecular flexibility index (Phi) is 9.52. The van der Waals surface area contributed by atoms with Crippen LogP contribution in [-0.2, 0) is 17.9 Å². The van der Waals surface area contributed by atoms with Crippen LogP contribution < -0.4 is 10.6 Å². The number of anilines is 1. The fourth-order valence-electron chi connectivity index (χ4n) is 5.47. The van der Waals surface area contributed by atoms with E-state index in [1.54, 1.807) is 23.2 Å². The molecule has 46 heavy (non-hydrogen) atoms. The molecule has 0 bridgehead atoms. The third-order valence-electron chi connectivity index (χ3n) is 8.41. The Morgan fingerprint density at radius 3 is 2.65 bits per heavy atom. The second-order valence-corrected chi connectivity index (χ2v) is 15.2. The molecule has 0 spiro atoms. The number of nitriles is 1. The van der Waals surface area contributed by atoms with Crippen LogP contribution in [0.15, 0.2) is 59.0 Å². The predicted octanol–water partition coefficient (Wildman–Crippen LogP) is 7.02. The lowest BCUT2D eigenvalue weighted by Crippen LogP contribution is -2.39. The first-order chi connectivity index (χ1) is 21.7. The van der Waals surface area contributed by atoms with Crippen molar-refractivity contribution < 1.29 is 14.0 Å². The number of carbonyl (C=O) groups excluding carboxylic acids is 2. The van der Waals surface area contributed by atoms with Gasteiger partial charge in [0.05, 0.1) is 33.0 Å². The Morgan fingerprint density at radius 1 is 1.20 bits per heavy atom. The minimum atomic E-state index is -0.305. The topological polar surface area (TPSA) is 129 Å². The number of allylic oxidation sites excluding steroid dienone is 1. The molecule has 1 aromatic carbocycles. The number of nitrogens with one attached hydrogen (secondary N) is 2. The van der Waals surface area contributed by atoms with Crippen LogP contribution in [0, 0.1) is 22.2 Å². The summed E-state index contributed by atoms with van der Waals surface area (Å²) in [6.07, 6.45) is 6.34. The van der Waals surface area contributed by atoms with Crippen molar-refractivity contribution in [1.29, 1.82) is 5.26 Å². The zero-order valence-corrected chi connectivity index (χ0v) is 28.5. The summed E-state index contributed by atoms with van der Waals surface area (Å²) in [4.78, 5) is 39.1. The van der Waals surface area contributed by atoms with Gasteiger partial charge in [-0.15, -0.1) is 11.3 Å². The number of carbonyl (C=O) groups is 2. The highest BCUT2D eigenvalue weighted by atomic mass is 32.1. The molecule has 4 heterocycles. The van der Waals surface area contributed by atoms with Crippen molar-refractivity contribution in [3.8, 4) is 16.7 Å². The molecule has 1 aliphatic rings. The van der Waals surface area contributed by atoms with E-state index in [4.69, 9.17) is 9.40 Å². The Hall–Kier alpha value is -4.27. The monoisotopic (exact) mass is 641 g/mol. The van der Waals surface area contributed by atoms with E-state index in [1.807, 2.05) is 37.5 Å². The maximum absolute atomic E-state index is 13.6. The van der Waals surface area contributed by atoms with Crippen LogP contribution in [0.1, 0.15) is 76.5 Å². The van der Waals surface area contributed by atoms with E-state index in [1.165, 1.54) is 17.7 Å². The van der Waals surface area contributed by atoms with Crippen LogP contribution >= 0.6 is 11.3 Å². The summed E-state index contributed by atoms with van der Waals surface area (Å²) in [5.41, 5.74) is 2.68. The van der Waals surface area contributed by atoms with E-state index in [2.05, 4.69) is 61.5 Å². The summed E-state index contributed by atoms with van der Waals surface area (Å²) < 4.78 is 7.39. The number of fused-ring (bicyclic) bond motifs is 1. The molecule has 5 rings (SSSR count). The molecule has 2 unspecified atom stereocenters. The molecule has 2 atom stereocenters. The molecular formula is C35H43N7O3S. The number of imidazole rings is 1. The third kappa shape index (κ3) is 7.57. The van der Waals surface area contributed by atoms with E-state index in [0.717, 1.165) is 34.3 Å². The van der Waals surface area contributed by atoms with Gasteiger partial charge in [0.25, 0.3) is 11.8 Å². The van der Waals surface area contributed by atoms with E-state index >= 15 is 0 Å². The fourth-order valence-corrected chi connectivity index (χ4v) is 6.32. The molecule has 1 fully saturated rings. The first kappa shape index (κ1) is 33.1. The number of nitrogens with zero attached hydrogens (tertiary/aromatic N) is 5. The SMILES string of the molecule is CC(NCc1ccc2c(c1)nc(NC(=O)c1ccc(-c3cnco3)s1)n2CC1CCCN1C(=O)C(C#N)=CC(C)(C)C)C(C)(C)C. The molecule has 0 saturated carbocycles. The summed E-state index contributed by atoms with van der Waals surface area (Å²) in [6, 6.07) is 12.0. The van der Waals surface area contributed by atoms with Crippen LogP contribution in [0.3, 0.4) is 0 Å². The number of hydrogen-bond donors (Lipinski definition) is 2. The summed E-state index contributed by atoms with van der Waals surface area (Å²) >= 11 is 1.31. The van der Waals surface area contributed by atoms with Gasteiger partial charge in [0, 0.05) is 25.7 Å². The Labute approximate surface area is 274 Å². The maximum Gasteiger partial charge on any atom is 0.268 e. The number of likely N-dealkylation sites (tertiary alicyclic amines) is 1. The minimum absolute atomic E-state index is 0.121. The zero-order valence-electron chi connectivity index (χ0n) is 27.7. The molecular weight excluding hydrogens is 598 g/mol. The lowest BCUT2D eigenvalue weighted by Gasteiger charge is -2.28. The largest absolute Gasteiger partial charge is 0.443 e. The molecule has 0 aliphatic carbocycles. The molecule has 3 aromatic heterocycles. The average Bonchev–Trinajstić information content (AvgIpc) is 3.80. The van der Waals surface area contributed by atoms with Gasteiger partial charge in [-0.2, -0.15) is 5.26 Å². The van der Waals surface area contributed by atoms with Gasteiger partial charge in [0.2, 0.25) is 5.95 Å². The van der Waals surface area contributed by atoms with Gasteiger partial charge in [-0.05, 0) is 60.4 Å². The van der Waals surface area contributed by atoms with Gasteiger partial charge in [-0.25, -0.2) is 9.97 Å². The average molecular weight is 642 g/mol. The van der Waals surface area contributed by atoms with Gasteiger partial charge >= 0.3 is 0 Å². The fraction of sp³-hybridized carbons (Fsp3) is 0.457. The summed E-state index contributed by atoms with van der Waals surface area (Å²) in [5.74, 6) is 0.469. The zero-order chi connectivity index (χ0) is 33.2. The molecule has 2 amide bonds. The van der Waals surface area contributed by atoms with Gasteiger partial charge in [0.15, 0.2) is 12.2 Å². The minimum Gasteiger partial charge on any atom is -0.443 e. The standard InChI is InChI=1S/C35H43N7O3S/c1-22(35(5,6)7)38-18-23-10-11-27-26(15-23)39-33(40-31(43)30-13-12-29(46-30)28-19-37-21-45-28)42(27)20-25-9-8-14-41(25)32(44)24(17-36)16-34(2,3)4/h10-13,15-16,19,21-22,25,38H,8-9,14,18,20H2,1-7H3,(H,39,40,43). The van der Waals surface area contributed by atoms with E-state index < -0.39 is 0 Å². The molecule has 2 N–H and O–H groups in total. The molecule has 1 saturated heterocycles. The Bertz CT molecular complexity index is 1780. The van der Waals surface area contributed by atoms with E-state index in [0.29, 0.717) is 42.3 Å². The predicted molar refractivity (Wildman–Crippen MR) is 181 cm³/mol. The lowest BCUT2D eigenvalue weighted by atomic mass is 9.88. The lowest BCUT2D eigenvalue weighted by molar-refractivity contribution is -0.127. The van der Waals surface area contributed by atoms with Gasteiger partial charge in [-0.3, -0.25) is 14.9 Å². The van der Waals surface area contributed by atoms with Gasteiger partial charge in [-0.1, -0.05) is 53.7 Å². The van der Waals surface area contributed by atoms with Crippen LogP contribution in [0.5, 0.6) is 0 Å². The second-order valence-electron chi connectivity index (χ2n) is 14.2. The van der Waals surface area contributed by atoms with Crippen LogP contribution in [-0.4, -0.2) is 49.9 Å². The number of amides is 2. The number of oxazole rings is 1. The van der Waals surface area contributed by atoms with Crippen molar-refractivity contribution in [2.24, 2.45) is 10.8 Å². The quantitative estimate of drug-likeness (QED) is 0.148. The molecule has 11 heteroatoms. The number of benzene rings is 1. The summed E-state index contributed by atoms with van der Waals surface area (Å²) in [6.45, 7) is 16.4. The number of thiophene rings is 1. The van der Waals surface area contributed by atoms with Gasteiger partial charge < -0.3 is 19.2 Å². The van der Waals surface area contributed by atoms with Crippen molar-refractivity contribution in [3.05, 3.63) is 65.0 Å². The first-order valence-corrected chi connectivity index (χ1v) is 16.5. The molecule has 10 nitrogen and oxygen atoms in total. The van der Waals surface area contributed by atoms with Crippen molar-refractivity contribution in [1.82, 2.24) is 24.8 Å². The maximum atomic E-state index is 13.6. The second kappa shape index (κ2) is 13.2. The Morgan fingerprint density at radius 2 is 1.98 bits per heavy atom. The summed E-state index contributed by atoms with van der Waals surface area (Å²) in [7, 11) is 0. The van der Waals surface area contributed by atoms with Crippen LogP contribution in [0.25, 0.3) is 21.7 Å². The highest BCUT2D eigenvalue weighted by Crippen LogP contribution is 2.31. The van der Waals surface area contributed by atoms with E-state index in [-0.39, 0.29) is 34.3 Å². The molecule has 1 aliphatic heterocycles. The third-order valence-corrected chi connectivity index (χ3v) is 9.51.